The number of aryl methyl sites for hydroxylation is 1. The molecule has 1 saturated heterocycles. The molecule has 0 unspecified atom stereocenters. The number of nitrogens with zero attached hydrogens (tertiary/aromatic N) is 3. The van der Waals surface area contributed by atoms with E-state index >= 15 is 0 Å². The molecule has 0 saturated carbocycles. The summed E-state index contributed by atoms with van der Waals surface area (Å²) in [7, 11) is 0. The SMILES string of the molecule is Cc1cc(NC(=O)Cn2nc(N3CCCC3)c3ccccc3c2=O)ccc1Br. The van der Waals surface area contributed by atoms with Gasteiger partial charge in [0.1, 0.15) is 6.54 Å². The van der Waals surface area contributed by atoms with Crippen LogP contribution in [0.4, 0.5) is 11.5 Å². The van der Waals surface area contributed by atoms with Gasteiger partial charge in [0.05, 0.1) is 5.39 Å². The lowest BCUT2D eigenvalue weighted by Gasteiger charge is -2.19. The minimum atomic E-state index is -0.279. The topological polar surface area (TPSA) is 67.2 Å². The van der Waals surface area contributed by atoms with Gasteiger partial charge in [-0.05, 0) is 49.6 Å². The monoisotopic (exact) mass is 440 g/mol. The maximum absolute atomic E-state index is 12.9. The highest BCUT2D eigenvalue weighted by atomic mass is 79.9. The van der Waals surface area contributed by atoms with Gasteiger partial charge in [-0.3, -0.25) is 9.59 Å². The minimum absolute atomic E-state index is 0.125. The summed E-state index contributed by atoms with van der Waals surface area (Å²) in [6.07, 6.45) is 2.22. The van der Waals surface area contributed by atoms with E-state index in [-0.39, 0.29) is 18.0 Å². The van der Waals surface area contributed by atoms with Crippen molar-refractivity contribution in [1.29, 1.82) is 0 Å². The Labute approximate surface area is 171 Å². The largest absolute Gasteiger partial charge is 0.355 e. The summed E-state index contributed by atoms with van der Waals surface area (Å²) in [6, 6.07) is 13.1. The maximum Gasteiger partial charge on any atom is 0.275 e. The number of carbonyl (C=O) groups is 1. The van der Waals surface area contributed by atoms with E-state index in [9.17, 15) is 9.59 Å². The molecule has 28 heavy (non-hydrogen) atoms. The number of hydrogen-bond donors (Lipinski definition) is 1. The van der Waals surface area contributed by atoms with E-state index in [4.69, 9.17) is 0 Å². The van der Waals surface area contributed by atoms with Gasteiger partial charge < -0.3 is 10.2 Å². The zero-order valence-electron chi connectivity index (χ0n) is 15.6. The second-order valence-corrected chi connectivity index (χ2v) is 7.89. The number of aromatic nitrogens is 2. The van der Waals surface area contributed by atoms with Crippen LogP contribution in [-0.2, 0) is 11.3 Å². The Morgan fingerprint density at radius 2 is 1.86 bits per heavy atom. The molecule has 2 aromatic carbocycles. The van der Waals surface area contributed by atoms with Crippen LogP contribution in [0.25, 0.3) is 10.8 Å². The fourth-order valence-electron chi connectivity index (χ4n) is 3.55. The van der Waals surface area contributed by atoms with Gasteiger partial charge in [0.25, 0.3) is 5.56 Å². The molecule has 1 aliphatic rings. The summed E-state index contributed by atoms with van der Waals surface area (Å²) >= 11 is 3.45. The molecular formula is C21H21BrN4O2. The van der Waals surface area contributed by atoms with E-state index in [1.165, 1.54) is 4.68 Å². The smallest absolute Gasteiger partial charge is 0.275 e. The summed E-state index contributed by atoms with van der Waals surface area (Å²) in [6.45, 7) is 3.66. The van der Waals surface area contributed by atoms with Gasteiger partial charge in [0, 0.05) is 28.6 Å². The van der Waals surface area contributed by atoms with Gasteiger partial charge in [-0.1, -0.05) is 34.1 Å². The van der Waals surface area contributed by atoms with Crippen LogP contribution in [0.3, 0.4) is 0 Å². The first kappa shape index (κ1) is 18.7. The van der Waals surface area contributed by atoms with Gasteiger partial charge in [0.2, 0.25) is 5.91 Å². The van der Waals surface area contributed by atoms with Gasteiger partial charge in [0.15, 0.2) is 5.82 Å². The Balaban J connectivity index is 1.66. The Morgan fingerprint density at radius 3 is 2.57 bits per heavy atom. The highest BCUT2D eigenvalue weighted by molar-refractivity contribution is 9.10. The zero-order chi connectivity index (χ0) is 19.7. The molecular weight excluding hydrogens is 420 g/mol. The van der Waals surface area contributed by atoms with Crippen LogP contribution in [0.15, 0.2) is 51.7 Å². The second kappa shape index (κ2) is 7.75. The van der Waals surface area contributed by atoms with E-state index in [0.29, 0.717) is 11.1 Å². The fourth-order valence-corrected chi connectivity index (χ4v) is 3.79. The maximum atomic E-state index is 12.9. The molecule has 0 radical (unpaired) electrons. The summed E-state index contributed by atoms with van der Waals surface area (Å²) in [5, 5.41) is 8.84. The van der Waals surface area contributed by atoms with E-state index < -0.39 is 0 Å². The number of anilines is 2. The average Bonchev–Trinajstić information content (AvgIpc) is 3.21. The van der Waals surface area contributed by atoms with Crippen molar-refractivity contribution in [2.24, 2.45) is 0 Å². The van der Waals surface area contributed by atoms with E-state index in [1.807, 2.05) is 43.3 Å². The average molecular weight is 441 g/mol. The lowest BCUT2D eigenvalue weighted by molar-refractivity contribution is -0.117. The van der Waals surface area contributed by atoms with Crippen LogP contribution in [0, 0.1) is 6.92 Å². The Bertz CT molecular complexity index is 1100. The van der Waals surface area contributed by atoms with Gasteiger partial charge in [-0.15, -0.1) is 0 Å². The number of rotatable bonds is 4. The molecule has 1 amide bonds. The summed E-state index contributed by atoms with van der Waals surface area (Å²) in [5.74, 6) is 0.499. The van der Waals surface area contributed by atoms with Crippen LogP contribution in [-0.4, -0.2) is 28.8 Å². The zero-order valence-corrected chi connectivity index (χ0v) is 17.2. The number of amides is 1. The third-order valence-corrected chi connectivity index (χ3v) is 5.88. The molecule has 7 heteroatoms. The van der Waals surface area contributed by atoms with Crippen molar-refractivity contribution in [2.75, 3.05) is 23.3 Å². The first-order chi connectivity index (χ1) is 13.5. The molecule has 6 nitrogen and oxygen atoms in total. The minimum Gasteiger partial charge on any atom is -0.355 e. The molecule has 1 N–H and O–H groups in total. The van der Waals surface area contributed by atoms with Crippen molar-refractivity contribution < 1.29 is 4.79 Å². The van der Waals surface area contributed by atoms with Gasteiger partial charge >= 0.3 is 0 Å². The molecule has 2 heterocycles. The first-order valence-corrected chi connectivity index (χ1v) is 10.1. The van der Waals surface area contributed by atoms with Crippen molar-refractivity contribution >= 4 is 44.1 Å². The molecule has 0 spiro atoms. The highest BCUT2D eigenvalue weighted by Gasteiger charge is 2.20. The van der Waals surface area contributed by atoms with Gasteiger partial charge in [-0.25, -0.2) is 4.68 Å². The quantitative estimate of drug-likeness (QED) is 0.671. The van der Waals surface area contributed by atoms with E-state index in [2.05, 4.69) is 31.2 Å². The number of halogens is 1. The standard InChI is InChI=1S/C21H21BrN4O2/c1-14-12-15(8-9-18(14)22)23-19(27)13-26-21(28)17-7-3-2-6-16(17)20(24-26)25-10-4-5-11-25/h2-3,6-9,12H,4-5,10-11,13H2,1H3,(H,23,27). The predicted molar refractivity (Wildman–Crippen MR) is 115 cm³/mol. The molecule has 1 aliphatic heterocycles. The predicted octanol–water partition coefficient (Wildman–Crippen LogP) is 3.71. The molecule has 1 aromatic heterocycles. The third kappa shape index (κ3) is 3.67. The van der Waals surface area contributed by atoms with E-state index in [0.717, 1.165) is 47.2 Å². The molecule has 0 bridgehead atoms. The molecule has 4 rings (SSSR count). The van der Waals surface area contributed by atoms with E-state index in [1.54, 1.807) is 6.07 Å². The van der Waals surface area contributed by atoms with Crippen molar-refractivity contribution in [3.05, 3.63) is 62.9 Å². The number of fused-ring (bicyclic) bond motifs is 1. The lowest BCUT2D eigenvalue weighted by Crippen LogP contribution is -2.32. The fraction of sp³-hybridized carbons (Fsp3) is 0.286. The molecule has 144 valence electrons. The molecule has 3 aromatic rings. The van der Waals surface area contributed by atoms with Crippen molar-refractivity contribution in [3.63, 3.8) is 0 Å². The second-order valence-electron chi connectivity index (χ2n) is 7.04. The molecule has 0 atom stereocenters. The first-order valence-electron chi connectivity index (χ1n) is 9.34. The van der Waals surface area contributed by atoms with Crippen LogP contribution < -0.4 is 15.8 Å². The van der Waals surface area contributed by atoms with Gasteiger partial charge in [-0.2, -0.15) is 5.10 Å². The number of hydrogen-bond acceptors (Lipinski definition) is 4. The van der Waals surface area contributed by atoms with Crippen LogP contribution >= 0.6 is 15.9 Å². The Hall–Kier alpha value is -2.67. The summed E-state index contributed by atoms with van der Waals surface area (Å²) in [5.41, 5.74) is 1.47. The van der Waals surface area contributed by atoms with Crippen LogP contribution in [0.1, 0.15) is 18.4 Å². The Kier molecular flexibility index (Phi) is 5.17. The number of carbonyl (C=O) groups excluding carboxylic acids is 1. The summed E-state index contributed by atoms with van der Waals surface area (Å²) in [4.78, 5) is 27.6. The lowest BCUT2D eigenvalue weighted by atomic mass is 10.2. The number of nitrogens with one attached hydrogen (secondary N) is 1. The van der Waals surface area contributed by atoms with Crippen LogP contribution in [0.2, 0.25) is 0 Å². The Morgan fingerprint density at radius 1 is 1.14 bits per heavy atom. The van der Waals surface area contributed by atoms with Crippen molar-refractivity contribution in [1.82, 2.24) is 9.78 Å². The third-order valence-electron chi connectivity index (χ3n) is 4.99. The molecule has 1 fully saturated rings. The van der Waals surface area contributed by atoms with Crippen LogP contribution in [0.5, 0.6) is 0 Å². The number of benzene rings is 2. The normalized spacial score (nSPS) is 13.9. The van der Waals surface area contributed by atoms with Crippen molar-refractivity contribution in [2.45, 2.75) is 26.3 Å². The molecule has 0 aliphatic carbocycles. The summed E-state index contributed by atoms with van der Waals surface area (Å²) < 4.78 is 2.25. The highest BCUT2D eigenvalue weighted by Crippen LogP contribution is 2.25. The van der Waals surface area contributed by atoms with Crippen molar-refractivity contribution in [3.8, 4) is 0 Å².